The number of aromatic nitrogens is 2. The molecule has 1 fully saturated rings. The first-order chi connectivity index (χ1) is 8.50. The molecule has 1 aliphatic rings. The maximum absolute atomic E-state index is 12.2. The van der Waals surface area contributed by atoms with Crippen molar-refractivity contribution in [3.63, 3.8) is 0 Å². The Morgan fingerprint density at radius 1 is 1.28 bits per heavy atom. The van der Waals surface area contributed by atoms with Gasteiger partial charge in [-0.3, -0.25) is 14.7 Å². The van der Waals surface area contributed by atoms with Crippen LogP contribution in [-0.4, -0.2) is 22.0 Å². The fourth-order valence-electron chi connectivity index (χ4n) is 2.28. The monoisotopic (exact) mass is 243 g/mol. The number of carbonyl (C=O) groups is 2. The molecule has 0 saturated carbocycles. The molecule has 5 heteroatoms. The molecule has 2 heterocycles. The van der Waals surface area contributed by atoms with E-state index >= 15 is 0 Å². The molecule has 2 amide bonds. The first kappa shape index (κ1) is 11.0. The average molecular weight is 243 g/mol. The lowest BCUT2D eigenvalue weighted by Crippen LogP contribution is -2.33. The second-order valence-corrected chi connectivity index (χ2v) is 5.19. The predicted octanol–water partition coefficient (Wildman–Crippen LogP) is 1.85. The standard InChI is InChI=1S/C13H13N3O2/c1-13(2)7-10(17)16(12(13)18)11-8-5-3-4-6-9(8)14-15-11/h3-6H,7H2,1-2H3,(H,14,15). The normalized spacial score (nSPS) is 18.9. The third-order valence-electron chi connectivity index (χ3n) is 3.29. The van der Waals surface area contributed by atoms with Gasteiger partial charge < -0.3 is 0 Å². The topological polar surface area (TPSA) is 66.1 Å². The van der Waals surface area contributed by atoms with Crippen LogP contribution in [0.3, 0.4) is 0 Å². The summed E-state index contributed by atoms with van der Waals surface area (Å²) in [4.78, 5) is 25.4. The molecule has 0 spiro atoms. The molecule has 18 heavy (non-hydrogen) atoms. The van der Waals surface area contributed by atoms with Crippen LogP contribution in [0.4, 0.5) is 5.82 Å². The molecule has 1 aliphatic heterocycles. The zero-order chi connectivity index (χ0) is 12.9. The van der Waals surface area contributed by atoms with Crippen LogP contribution in [0.2, 0.25) is 0 Å². The van der Waals surface area contributed by atoms with Crippen molar-refractivity contribution in [2.75, 3.05) is 4.90 Å². The highest BCUT2D eigenvalue weighted by molar-refractivity contribution is 6.24. The summed E-state index contributed by atoms with van der Waals surface area (Å²) in [6, 6.07) is 7.45. The van der Waals surface area contributed by atoms with Gasteiger partial charge in [0.1, 0.15) is 0 Å². The fraction of sp³-hybridized carbons (Fsp3) is 0.308. The van der Waals surface area contributed by atoms with Crippen molar-refractivity contribution in [1.82, 2.24) is 10.2 Å². The Labute approximate surface area is 104 Å². The van der Waals surface area contributed by atoms with Crippen molar-refractivity contribution >= 4 is 28.5 Å². The third-order valence-corrected chi connectivity index (χ3v) is 3.29. The van der Waals surface area contributed by atoms with Crippen LogP contribution in [0.1, 0.15) is 20.3 Å². The average Bonchev–Trinajstić information content (AvgIpc) is 2.80. The van der Waals surface area contributed by atoms with Gasteiger partial charge in [-0.25, -0.2) is 4.90 Å². The second-order valence-electron chi connectivity index (χ2n) is 5.19. The summed E-state index contributed by atoms with van der Waals surface area (Å²) in [5.41, 5.74) is 0.176. The molecule has 0 unspecified atom stereocenters. The highest BCUT2D eigenvalue weighted by Gasteiger charge is 2.46. The van der Waals surface area contributed by atoms with Crippen molar-refractivity contribution in [2.45, 2.75) is 20.3 Å². The first-order valence-electron chi connectivity index (χ1n) is 5.81. The van der Waals surface area contributed by atoms with Crippen LogP contribution >= 0.6 is 0 Å². The van der Waals surface area contributed by atoms with Gasteiger partial charge in [0.05, 0.1) is 10.9 Å². The SMILES string of the molecule is CC1(C)CC(=O)N(c2n[nH]c3ccccc23)C1=O. The van der Waals surface area contributed by atoms with E-state index < -0.39 is 5.41 Å². The number of fused-ring (bicyclic) bond motifs is 1. The lowest BCUT2D eigenvalue weighted by Gasteiger charge is -2.15. The summed E-state index contributed by atoms with van der Waals surface area (Å²) in [7, 11) is 0. The van der Waals surface area contributed by atoms with Crippen molar-refractivity contribution in [3.8, 4) is 0 Å². The number of amides is 2. The van der Waals surface area contributed by atoms with Gasteiger partial charge >= 0.3 is 0 Å². The molecule has 0 aliphatic carbocycles. The molecule has 0 bridgehead atoms. The molecular weight excluding hydrogens is 230 g/mol. The Morgan fingerprint density at radius 3 is 2.67 bits per heavy atom. The van der Waals surface area contributed by atoms with Gasteiger partial charge in [-0.2, -0.15) is 5.10 Å². The number of anilines is 1. The highest BCUT2D eigenvalue weighted by Crippen LogP contribution is 2.36. The van der Waals surface area contributed by atoms with Crippen molar-refractivity contribution < 1.29 is 9.59 Å². The maximum atomic E-state index is 12.2. The quantitative estimate of drug-likeness (QED) is 0.777. The highest BCUT2D eigenvalue weighted by atomic mass is 16.2. The van der Waals surface area contributed by atoms with Crippen LogP contribution < -0.4 is 4.90 Å². The van der Waals surface area contributed by atoms with E-state index in [2.05, 4.69) is 10.2 Å². The predicted molar refractivity (Wildman–Crippen MR) is 67.0 cm³/mol. The number of rotatable bonds is 1. The lowest BCUT2D eigenvalue weighted by atomic mass is 9.92. The number of hydrogen-bond donors (Lipinski definition) is 1. The number of aromatic amines is 1. The minimum absolute atomic E-state index is 0.190. The van der Waals surface area contributed by atoms with E-state index in [1.165, 1.54) is 4.90 Å². The molecule has 2 aromatic rings. The van der Waals surface area contributed by atoms with Gasteiger partial charge in [0.25, 0.3) is 0 Å². The minimum atomic E-state index is -0.642. The Bertz CT molecular complexity index is 657. The number of hydrogen-bond acceptors (Lipinski definition) is 3. The van der Waals surface area contributed by atoms with Crippen molar-refractivity contribution in [1.29, 1.82) is 0 Å². The number of nitrogens with zero attached hydrogens (tertiary/aromatic N) is 2. The minimum Gasteiger partial charge on any atom is -0.276 e. The molecular formula is C13H13N3O2. The molecule has 1 saturated heterocycles. The lowest BCUT2D eigenvalue weighted by molar-refractivity contribution is -0.124. The fourth-order valence-corrected chi connectivity index (χ4v) is 2.28. The number of para-hydroxylation sites is 1. The second kappa shape index (κ2) is 3.41. The van der Waals surface area contributed by atoms with Crippen molar-refractivity contribution in [3.05, 3.63) is 24.3 Å². The Hall–Kier alpha value is -2.17. The van der Waals surface area contributed by atoms with E-state index in [1.54, 1.807) is 13.8 Å². The largest absolute Gasteiger partial charge is 0.276 e. The third kappa shape index (κ3) is 1.37. The molecule has 5 nitrogen and oxygen atoms in total. The van der Waals surface area contributed by atoms with Gasteiger partial charge in [0, 0.05) is 11.8 Å². The summed E-state index contributed by atoms with van der Waals surface area (Å²) < 4.78 is 0. The smallest absolute Gasteiger partial charge is 0.241 e. The van der Waals surface area contributed by atoms with Gasteiger partial charge in [-0.15, -0.1) is 0 Å². The molecule has 3 rings (SSSR count). The molecule has 1 aromatic carbocycles. The van der Waals surface area contributed by atoms with Crippen LogP contribution in [0.25, 0.3) is 10.9 Å². The first-order valence-corrected chi connectivity index (χ1v) is 5.81. The number of carbonyl (C=O) groups excluding carboxylic acids is 2. The van der Waals surface area contributed by atoms with E-state index in [0.717, 1.165) is 10.9 Å². The molecule has 92 valence electrons. The maximum Gasteiger partial charge on any atom is 0.241 e. The van der Waals surface area contributed by atoms with E-state index in [4.69, 9.17) is 0 Å². The van der Waals surface area contributed by atoms with Gasteiger partial charge in [-0.1, -0.05) is 26.0 Å². The zero-order valence-electron chi connectivity index (χ0n) is 10.2. The summed E-state index contributed by atoms with van der Waals surface area (Å²) in [5.74, 6) is 0.0261. The van der Waals surface area contributed by atoms with Crippen LogP contribution in [0, 0.1) is 5.41 Å². The number of benzene rings is 1. The summed E-state index contributed by atoms with van der Waals surface area (Å²) in [5, 5.41) is 7.73. The Kier molecular flexibility index (Phi) is 2.08. The zero-order valence-corrected chi connectivity index (χ0v) is 10.2. The number of imide groups is 1. The van der Waals surface area contributed by atoms with Crippen molar-refractivity contribution in [2.24, 2.45) is 5.41 Å². The van der Waals surface area contributed by atoms with Gasteiger partial charge in [0.2, 0.25) is 11.8 Å². The van der Waals surface area contributed by atoms with E-state index in [0.29, 0.717) is 5.82 Å². The van der Waals surface area contributed by atoms with Gasteiger partial charge in [0.15, 0.2) is 5.82 Å². The molecule has 0 radical (unpaired) electrons. The number of nitrogens with one attached hydrogen (secondary N) is 1. The molecule has 1 aromatic heterocycles. The Morgan fingerprint density at radius 2 is 2.00 bits per heavy atom. The van der Waals surface area contributed by atoms with Crippen LogP contribution in [-0.2, 0) is 9.59 Å². The summed E-state index contributed by atoms with van der Waals surface area (Å²) in [6.45, 7) is 3.56. The number of H-pyrrole nitrogens is 1. The summed E-state index contributed by atoms with van der Waals surface area (Å²) >= 11 is 0. The van der Waals surface area contributed by atoms with Crippen LogP contribution in [0.15, 0.2) is 24.3 Å². The summed E-state index contributed by atoms with van der Waals surface area (Å²) in [6.07, 6.45) is 0.229. The van der Waals surface area contributed by atoms with E-state index in [9.17, 15) is 9.59 Å². The molecule has 1 N–H and O–H groups in total. The van der Waals surface area contributed by atoms with E-state index in [-0.39, 0.29) is 18.2 Å². The van der Waals surface area contributed by atoms with Gasteiger partial charge in [-0.05, 0) is 12.1 Å². The van der Waals surface area contributed by atoms with E-state index in [1.807, 2.05) is 24.3 Å². The van der Waals surface area contributed by atoms with Crippen LogP contribution in [0.5, 0.6) is 0 Å². The Balaban J connectivity index is 2.16. The molecule has 0 atom stereocenters.